The minimum Gasteiger partial charge on any atom is -0.423 e. The first-order valence-electron chi connectivity index (χ1n) is 5.65. The predicted octanol–water partition coefficient (Wildman–Crippen LogP) is 0.910. The monoisotopic (exact) mass is 238 g/mol. The van der Waals surface area contributed by atoms with E-state index in [1.165, 1.54) is 0 Å². The quantitative estimate of drug-likeness (QED) is 0.581. The summed E-state index contributed by atoms with van der Waals surface area (Å²) in [5, 5.41) is 18.5. The van der Waals surface area contributed by atoms with Gasteiger partial charge in [0.25, 0.3) is 0 Å². The molecule has 1 aromatic carbocycles. The number of pyridine rings is 1. The number of hydrogen-bond acceptors (Lipinski definition) is 3. The number of rotatable bonds is 2. The molecule has 0 bridgehead atoms. The molecule has 0 saturated carbocycles. The van der Waals surface area contributed by atoms with Gasteiger partial charge in [-0.05, 0) is 12.1 Å². The van der Waals surface area contributed by atoms with E-state index in [9.17, 15) is 10.0 Å². The normalized spacial score (nSPS) is 10.8. The van der Waals surface area contributed by atoms with Crippen molar-refractivity contribution in [3.63, 3.8) is 0 Å². The van der Waals surface area contributed by atoms with Gasteiger partial charge in [0.05, 0.1) is 16.7 Å². The fourth-order valence-corrected chi connectivity index (χ4v) is 1.99. The van der Waals surface area contributed by atoms with Crippen LogP contribution in [0.25, 0.3) is 22.3 Å². The van der Waals surface area contributed by atoms with Gasteiger partial charge in [-0.1, -0.05) is 30.3 Å². The van der Waals surface area contributed by atoms with Gasteiger partial charge in [-0.25, -0.2) is 4.98 Å². The molecule has 5 heteroatoms. The van der Waals surface area contributed by atoms with Crippen molar-refractivity contribution in [2.24, 2.45) is 0 Å². The molecule has 0 radical (unpaired) electrons. The van der Waals surface area contributed by atoms with Crippen LogP contribution in [0.2, 0.25) is 0 Å². The maximum Gasteiger partial charge on any atom is 0.492 e. The molecule has 0 amide bonds. The highest BCUT2D eigenvalue weighted by Gasteiger charge is 2.17. The van der Waals surface area contributed by atoms with E-state index < -0.39 is 7.12 Å². The van der Waals surface area contributed by atoms with E-state index in [1.807, 2.05) is 42.5 Å². The molecule has 0 spiro atoms. The van der Waals surface area contributed by atoms with Crippen LogP contribution in [-0.2, 0) is 0 Å². The molecule has 2 heterocycles. The van der Waals surface area contributed by atoms with Crippen molar-refractivity contribution < 1.29 is 10.0 Å². The molecule has 0 saturated heterocycles. The molecule has 3 aromatic rings. The predicted molar refractivity (Wildman–Crippen MR) is 71.4 cm³/mol. The van der Waals surface area contributed by atoms with Crippen LogP contribution in [0.4, 0.5) is 0 Å². The molecule has 18 heavy (non-hydrogen) atoms. The summed E-state index contributed by atoms with van der Waals surface area (Å²) in [5.74, 6) is 0. The lowest BCUT2D eigenvalue weighted by Gasteiger charge is -2.02. The van der Waals surface area contributed by atoms with Crippen LogP contribution in [0, 0.1) is 0 Å². The Kier molecular flexibility index (Phi) is 2.62. The lowest BCUT2D eigenvalue weighted by molar-refractivity contribution is 0.426. The highest BCUT2D eigenvalue weighted by molar-refractivity contribution is 6.61. The van der Waals surface area contributed by atoms with Gasteiger partial charge in [0, 0.05) is 17.2 Å². The second-order valence-corrected chi connectivity index (χ2v) is 4.08. The number of aromatic amines is 1. The molecule has 0 atom stereocenters. The number of fused-ring (bicyclic) bond motifs is 1. The van der Waals surface area contributed by atoms with Crippen LogP contribution in [0.1, 0.15) is 0 Å². The standard InChI is InChI=1S/C13H11BN2O2/c17-14(18)10-8-15-12-7-6-11(16-13(10)12)9-4-2-1-3-5-9/h1-8,15,17-18H. The molecule has 88 valence electrons. The van der Waals surface area contributed by atoms with Crippen LogP contribution < -0.4 is 5.46 Å². The molecular weight excluding hydrogens is 227 g/mol. The number of nitrogens with one attached hydrogen (secondary N) is 1. The van der Waals surface area contributed by atoms with E-state index in [-0.39, 0.29) is 0 Å². The van der Waals surface area contributed by atoms with Gasteiger partial charge in [0.15, 0.2) is 0 Å². The smallest absolute Gasteiger partial charge is 0.423 e. The van der Waals surface area contributed by atoms with Gasteiger partial charge in [0.2, 0.25) is 0 Å². The van der Waals surface area contributed by atoms with Crippen molar-refractivity contribution in [3.8, 4) is 11.3 Å². The summed E-state index contributed by atoms with van der Waals surface area (Å²) in [5.41, 5.74) is 3.58. The van der Waals surface area contributed by atoms with Gasteiger partial charge < -0.3 is 15.0 Å². The first kappa shape index (κ1) is 11.0. The van der Waals surface area contributed by atoms with E-state index in [0.717, 1.165) is 16.8 Å². The summed E-state index contributed by atoms with van der Waals surface area (Å²) in [4.78, 5) is 7.44. The van der Waals surface area contributed by atoms with Crippen LogP contribution in [0.5, 0.6) is 0 Å². The zero-order valence-corrected chi connectivity index (χ0v) is 9.54. The topological polar surface area (TPSA) is 69.1 Å². The Hall–Kier alpha value is -2.11. The number of benzene rings is 1. The number of hydrogen-bond donors (Lipinski definition) is 3. The summed E-state index contributed by atoms with van der Waals surface area (Å²) in [6, 6.07) is 13.6. The van der Waals surface area contributed by atoms with Crippen molar-refractivity contribution >= 4 is 23.6 Å². The van der Waals surface area contributed by atoms with Crippen molar-refractivity contribution in [1.82, 2.24) is 9.97 Å². The number of aromatic nitrogens is 2. The lowest BCUT2D eigenvalue weighted by atomic mass is 9.81. The number of H-pyrrole nitrogens is 1. The molecule has 0 unspecified atom stereocenters. The Morgan fingerprint density at radius 1 is 1.00 bits per heavy atom. The largest absolute Gasteiger partial charge is 0.492 e. The van der Waals surface area contributed by atoms with Gasteiger partial charge in [-0.2, -0.15) is 0 Å². The summed E-state index contributed by atoms with van der Waals surface area (Å²) in [7, 11) is -1.52. The van der Waals surface area contributed by atoms with Crippen LogP contribution in [0.15, 0.2) is 48.7 Å². The number of nitrogens with zero attached hydrogens (tertiary/aromatic N) is 1. The van der Waals surface area contributed by atoms with Crippen molar-refractivity contribution in [2.45, 2.75) is 0 Å². The van der Waals surface area contributed by atoms with Gasteiger partial charge in [-0.15, -0.1) is 0 Å². The Labute approximate surface area is 104 Å². The fraction of sp³-hybridized carbons (Fsp3) is 0. The Morgan fingerprint density at radius 3 is 2.50 bits per heavy atom. The molecule has 0 aliphatic carbocycles. The highest BCUT2D eigenvalue weighted by atomic mass is 16.4. The Morgan fingerprint density at radius 2 is 1.78 bits per heavy atom. The second-order valence-electron chi connectivity index (χ2n) is 4.08. The third-order valence-electron chi connectivity index (χ3n) is 2.90. The highest BCUT2D eigenvalue weighted by Crippen LogP contribution is 2.19. The van der Waals surface area contributed by atoms with E-state index in [1.54, 1.807) is 6.20 Å². The summed E-state index contributed by atoms with van der Waals surface area (Å²) in [6.07, 6.45) is 1.57. The molecule has 0 fully saturated rings. The van der Waals surface area contributed by atoms with E-state index >= 15 is 0 Å². The minimum atomic E-state index is -1.52. The van der Waals surface area contributed by atoms with Crippen molar-refractivity contribution in [1.29, 1.82) is 0 Å². The lowest BCUT2D eigenvalue weighted by Crippen LogP contribution is -2.29. The molecular formula is C13H11BN2O2. The summed E-state index contributed by atoms with van der Waals surface area (Å²) in [6.45, 7) is 0. The third-order valence-corrected chi connectivity index (χ3v) is 2.90. The average molecular weight is 238 g/mol. The SMILES string of the molecule is OB(O)c1c[nH]c2ccc(-c3ccccc3)nc12. The van der Waals surface area contributed by atoms with Gasteiger partial charge >= 0.3 is 7.12 Å². The van der Waals surface area contributed by atoms with Gasteiger partial charge in [0.1, 0.15) is 0 Å². The molecule has 0 aliphatic heterocycles. The maximum absolute atomic E-state index is 9.27. The summed E-state index contributed by atoms with van der Waals surface area (Å²) < 4.78 is 0. The van der Waals surface area contributed by atoms with E-state index in [2.05, 4.69) is 9.97 Å². The molecule has 3 rings (SSSR count). The van der Waals surface area contributed by atoms with Gasteiger partial charge in [-0.3, -0.25) is 0 Å². The van der Waals surface area contributed by atoms with E-state index in [4.69, 9.17) is 0 Å². The summed E-state index contributed by atoms with van der Waals surface area (Å²) >= 11 is 0. The fourth-order valence-electron chi connectivity index (χ4n) is 1.99. The molecule has 4 nitrogen and oxygen atoms in total. The average Bonchev–Trinajstić information content (AvgIpc) is 2.82. The molecule has 0 aliphatic rings. The van der Waals surface area contributed by atoms with Crippen LogP contribution >= 0.6 is 0 Å². The first-order valence-corrected chi connectivity index (χ1v) is 5.65. The van der Waals surface area contributed by atoms with E-state index in [0.29, 0.717) is 11.0 Å². The van der Waals surface area contributed by atoms with Crippen LogP contribution in [0.3, 0.4) is 0 Å². The van der Waals surface area contributed by atoms with Crippen LogP contribution in [-0.4, -0.2) is 27.1 Å². The van der Waals surface area contributed by atoms with Crippen molar-refractivity contribution in [3.05, 3.63) is 48.7 Å². The maximum atomic E-state index is 9.27. The third kappa shape index (κ3) is 1.79. The van der Waals surface area contributed by atoms with Crippen molar-refractivity contribution in [2.75, 3.05) is 0 Å². The first-order chi connectivity index (χ1) is 8.75. The Bertz CT molecular complexity index is 680. The molecule has 3 N–H and O–H groups in total. The second kappa shape index (κ2) is 4.29. The minimum absolute atomic E-state index is 0.391. The molecule has 2 aromatic heterocycles. The zero-order valence-electron chi connectivity index (χ0n) is 9.54. The Balaban J connectivity index is 2.18. The zero-order chi connectivity index (χ0) is 12.5.